The van der Waals surface area contributed by atoms with E-state index in [0.29, 0.717) is 0 Å². The molecule has 0 saturated carbocycles. The maximum atomic E-state index is 13.2. The van der Waals surface area contributed by atoms with E-state index in [4.69, 9.17) is 14.2 Å². The minimum atomic E-state index is -0.684. The van der Waals surface area contributed by atoms with Crippen molar-refractivity contribution in [1.82, 2.24) is 0 Å². The molecule has 3 aromatic carbocycles. The van der Waals surface area contributed by atoms with Crippen molar-refractivity contribution < 1.29 is 28.6 Å². The molecule has 0 radical (unpaired) electrons. The van der Waals surface area contributed by atoms with E-state index in [-0.39, 0.29) is 16.9 Å². The van der Waals surface area contributed by atoms with Gasteiger partial charge in [0.25, 0.3) is 0 Å². The number of methoxy groups -OCH3 is 2. The molecular formula is C24H20O6. The fraction of sp³-hybridized carbons (Fsp3) is 0.125. The van der Waals surface area contributed by atoms with Crippen LogP contribution in [-0.2, 0) is 14.3 Å². The summed E-state index contributed by atoms with van der Waals surface area (Å²) in [6.45, 7) is 0. The first-order valence-electron chi connectivity index (χ1n) is 9.16. The van der Waals surface area contributed by atoms with Gasteiger partial charge in [0.1, 0.15) is 11.7 Å². The summed E-state index contributed by atoms with van der Waals surface area (Å²) in [5.74, 6) is -2.53. The Morgan fingerprint density at radius 2 is 1.10 bits per heavy atom. The van der Waals surface area contributed by atoms with E-state index in [2.05, 4.69) is 0 Å². The molecule has 3 aromatic rings. The van der Waals surface area contributed by atoms with Crippen LogP contribution in [0.3, 0.4) is 0 Å². The van der Waals surface area contributed by atoms with E-state index >= 15 is 0 Å². The van der Waals surface area contributed by atoms with Crippen molar-refractivity contribution in [3.8, 4) is 5.75 Å². The molecule has 0 aliphatic heterocycles. The van der Waals surface area contributed by atoms with Crippen molar-refractivity contribution in [3.63, 3.8) is 0 Å². The van der Waals surface area contributed by atoms with E-state index < -0.39 is 23.8 Å². The molecule has 0 aliphatic carbocycles. The lowest BCUT2D eigenvalue weighted by Crippen LogP contribution is -2.20. The fourth-order valence-corrected chi connectivity index (χ4v) is 3.06. The Morgan fingerprint density at radius 1 is 0.667 bits per heavy atom. The number of esters is 3. The second-order valence-corrected chi connectivity index (χ2v) is 6.40. The fourth-order valence-electron chi connectivity index (χ4n) is 3.06. The highest BCUT2D eigenvalue weighted by Gasteiger charge is 2.25. The van der Waals surface area contributed by atoms with Crippen LogP contribution in [0.1, 0.15) is 37.8 Å². The molecule has 0 aliphatic rings. The van der Waals surface area contributed by atoms with Crippen molar-refractivity contribution in [2.45, 2.75) is 5.92 Å². The molecule has 152 valence electrons. The number of rotatable bonds is 6. The molecule has 30 heavy (non-hydrogen) atoms. The van der Waals surface area contributed by atoms with E-state index in [1.807, 2.05) is 60.7 Å². The van der Waals surface area contributed by atoms with Crippen LogP contribution in [0.25, 0.3) is 0 Å². The Morgan fingerprint density at radius 3 is 1.50 bits per heavy atom. The summed E-state index contributed by atoms with van der Waals surface area (Å²) >= 11 is 0. The number of ether oxygens (including phenoxy) is 3. The van der Waals surface area contributed by atoms with Crippen molar-refractivity contribution in [3.05, 3.63) is 101 Å². The lowest BCUT2D eigenvalue weighted by Gasteiger charge is -2.17. The third-order valence-corrected chi connectivity index (χ3v) is 4.47. The average Bonchev–Trinajstić information content (AvgIpc) is 2.79. The van der Waals surface area contributed by atoms with Gasteiger partial charge in [-0.15, -0.1) is 0 Å². The molecule has 0 N–H and O–H groups in total. The number of hydrogen-bond acceptors (Lipinski definition) is 6. The molecule has 0 aromatic heterocycles. The van der Waals surface area contributed by atoms with Gasteiger partial charge >= 0.3 is 17.9 Å². The minimum absolute atomic E-state index is 0.0418. The zero-order chi connectivity index (χ0) is 21.5. The zero-order valence-electron chi connectivity index (χ0n) is 16.5. The van der Waals surface area contributed by atoms with Gasteiger partial charge in [0.05, 0.1) is 25.3 Å². The topological polar surface area (TPSA) is 78.9 Å². The maximum Gasteiger partial charge on any atom is 0.338 e. The van der Waals surface area contributed by atoms with E-state index in [1.54, 1.807) is 0 Å². The van der Waals surface area contributed by atoms with Gasteiger partial charge in [0, 0.05) is 0 Å². The van der Waals surface area contributed by atoms with Crippen LogP contribution < -0.4 is 4.74 Å². The molecule has 6 nitrogen and oxygen atoms in total. The summed E-state index contributed by atoms with van der Waals surface area (Å²) in [5.41, 5.74) is 1.65. The zero-order valence-corrected chi connectivity index (χ0v) is 16.5. The predicted molar refractivity (Wildman–Crippen MR) is 109 cm³/mol. The number of hydrogen-bond donors (Lipinski definition) is 0. The van der Waals surface area contributed by atoms with Crippen molar-refractivity contribution in [2.24, 2.45) is 0 Å². The number of benzene rings is 3. The van der Waals surface area contributed by atoms with Crippen LogP contribution in [0.5, 0.6) is 5.75 Å². The molecule has 0 unspecified atom stereocenters. The molecule has 0 bridgehead atoms. The largest absolute Gasteiger partial charge is 0.465 e. The Kier molecular flexibility index (Phi) is 6.60. The first kappa shape index (κ1) is 20.8. The second kappa shape index (κ2) is 9.52. The van der Waals surface area contributed by atoms with Crippen LogP contribution in [-0.4, -0.2) is 32.1 Å². The molecule has 0 heterocycles. The Hall–Kier alpha value is -3.93. The quantitative estimate of drug-likeness (QED) is 0.456. The first-order chi connectivity index (χ1) is 14.5. The third-order valence-electron chi connectivity index (χ3n) is 4.47. The summed E-state index contributed by atoms with van der Waals surface area (Å²) in [5, 5.41) is 0. The van der Waals surface area contributed by atoms with Crippen molar-refractivity contribution in [2.75, 3.05) is 14.2 Å². The van der Waals surface area contributed by atoms with Crippen molar-refractivity contribution in [1.29, 1.82) is 0 Å². The molecule has 0 saturated heterocycles. The second-order valence-electron chi connectivity index (χ2n) is 6.40. The summed E-state index contributed by atoms with van der Waals surface area (Å²) in [6, 6.07) is 22.4. The SMILES string of the molecule is COC(=O)c1cc(OC(=O)C(c2ccccc2)c2ccccc2)cc(C(=O)OC)c1. The van der Waals surface area contributed by atoms with Gasteiger partial charge in [0.2, 0.25) is 0 Å². The van der Waals surface area contributed by atoms with Crippen LogP contribution in [0.15, 0.2) is 78.9 Å². The van der Waals surface area contributed by atoms with Gasteiger partial charge in [-0.2, -0.15) is 0 Å². The van der Waals surface area contributed by atoms with E-state index in [9.17, 15) is 14.4 Å². The van der Waals surface area contributed by atoms with Gasteiger partial charge in [-0.05, 0) is 29.3 Å². The Bertz CT molecular complexity index is 970. The highest BCUT2D eigenvalue weighted by molar-refractivity contribution is 5.96. The van der Waals surface area contributed by atoms with Gasteiger partial charge in [0.15, 0.2) is 0 Å². The smallest absolute Gasteiger partial charge is 0.338 e. The van der Waals surface area contributed by atoms with Crippen LogP contribution in [0, 0.1) is 0 Å². The lowest BCUT2D eigenvalue weighted by atomic mass is 9.91. The highest BCUT2D eigenvalue weighted by atomic mass is 16.5. The van der Waals surface area contributed by atoms with Gasteiger partial charge in [-0.25, -0.2) is 9.59 Å². The number of carbonyl (C=O) groups excluding carboxylic acids is 3. The molecule has 6 heteroatoms. The summed E-state index contributed by atoms with van der Waals surface area (Å²) in [4.78, 5) is 37.1. The monoisotopic (exact) mass is 404 g/mol. The molecule has 0 fully saturated rings. The minimum Gasteiger partial charge on any atom is -0.465 e. The number of carbonyl (C=O) groups is 3. The molecule has 3 rings (SSSR count). The molecule has 0 spiro atoms. The highest BCUT2D eigenvalue weighted by Crippen LogP contribution is 2.28. The van der Waals surface area contributed by atoms with Gasteiger partial charge in [-0.1, -0.05) is 60.7 Å². The van der Waals surface area contributed by atoms with E-state index in [1.165, 1.54) is 32.4 Å². The molecule has 0 atom stereocenters. The normalized spacial score (nSPS) is 10.4. The van der Waals surface area contributed by atoms with Crippen LogP contribution in [0.4, 0.5) is 0 Å². The standard InChI is InChI=1S/C24H20O6/c1-28-22(25)18-13-19(23(26)29-2)15-20(14-18)30-24(27)21(16-9-5-3-6-10-16)17-11-7-4-8-12-17/h3-15,21H,1-2H3. The third kappa shape index (κ3) is 4.72. The Labute approximate surface area is 174 Å². The van der Waals surface area contributed by atoms with Crippen LogP contribution in [0.2, 0.25) is 0 Å². The molecule has 0 amide bonds. The maximum absolute atomic E-state index is 13.2. The average molecular weight is 404 g/mol. The summed E-state index contributed by atoms with van der Waals surface area (Å²) in [6.07, 6.45) is 0. The predicted octanol–water partition coefficient (Wildman–Crippen LogP) is 4.00. The van der Waals surface area contributed by atoms with Crippen molar-refractivity contribution >= 4 is 17.9 Å². The summed E-state index contributed by atoms with van der Waals surface area (Å²) in [7, 11) is 2.44. The van der Waals surface area contributed by atoms with E-state index in [0.717, 1.165) is 11.1 Å². The first-order valence-corrected chi connectivity index (χ1v) is 9.16. The van der Waals surface area contributed by atoms with Gasteiger partial charge < -0.3 is 14.2 Å². The van der Waals surface area contributed by atoms with Crippen LogP contribution >= 0.6 is 0 Å². The van der Waals surface area contributed by atoms with Gasteiger partial charge in [-0.3, -0.25) is 4.79 Å². The lowest BCUT2D eigenvalue weighted by molar-refractivity contribution is -0.135. The summed E-state index contributed by atoms with van der Waals surface area (Å²) < 4.78 is 15.0. The Balaban J connectivity index is 1.99. The molecular weight excluding hydrogens is 384 g/mol.